The van der Waals surface area contributed by atoms with E-state index in [4.69, 9.17) is 16.3 Å². The predicted octanol–water partition coefficient (Wildman–Crippen LogP) is 4.27. The smallest absolute Gasteiger partial charge is 0.354 e. The lowest BCUT2D eigenvalue weighted by Crippen LogP contribution is -2.26. The van der Waals surface area contributed by atoms with Gasteiger partial charge in [-0.05, 0) is 54.6 Å². The zero-order valence-electron chi connectivity index (χ0n) is 21.2. The van der Waals surface area contributed by atoms with Crippen molar-refractivity contribution in [1.29, 1.82) is 0 Å². The number of benzene rings is 3. The maximum atomic E-state index is 13.1. The molecule has 196 valence electrons. The fourth-order valence-electron chi connectivity index (χ4n) is 4.21. The minimum absolute atomic E-state index is 0.176. The number of aromatic nitrogens is 3. The molecule has 0 saturated heterocycles. The van der Waals surface area contributed by atoms with E-state index in [-0.39, 0.29) is 18.1 Å². The average molecular weight is 542 g/mol. The molecule has 5 rings (SSSR count). The third-order valence-corrected chi connectivity index (χ3v) is 6.17. The van der Waals surface area contributed by atoms with Crippen LogP contribution in [0.2, 0.25) is 5.02 Å². The highest BCUT2D eigenvalue weighted by molar-refractivity contribution is 6.31. The topological polar surface area (TPSA) is 98.5 Å². The van der Waals surface area contributed by atoms with Gasteiger partial charge in [0, 0.05) is 48.5 Å². The van der Waals surface area contributed by atoms with Crippen molar-refractivity contribution >= 4 is 39.9 Å². The average Bonchev–Trinajstić information content (AvgIpc) is 2.92. The van der Waals surface area contributed by atoms with Gasteiger partial charge in [-0.1, -0.05) is 29.8 Å². The molecule has 0 aliphatic rings. The molecule has 0 aliphatic carbocycles. The van der Waals surface area contributed by atoms with Gasteiger partial charge in [0.25, 0.3) is 11.5 Å². The summed E-state index contributed by atoms with van der Waals surface area (Å²) in [5.74, 6) is 0.545. The molecule has 0 saturated carbocycles. The molecule has 0 aliphatic heterocycles. The normalized spacial score (nSPS) is 10.8. The number of nitrogens with zero attached hydrogens (tertiary/aromatic N) is 4. The molecule has 0 spiro atoms. The first-order chi connectivity index (χ1) is 18.8. The van der Waals surface area contributed by atoms with Crippen molar-refractivity contribution in [2.75, 3.05) is 30.9 Å². The highest BCUT2D eigenvalue weighted by Gasteiger charge is 2.15. The zero-order valence-corrected chi connectivity index (χ0v) is 21.9. The number of rotatable bonds is 7. The van der Waals surface area contributed by atoms with Crippen molar-refractivity contribution in [3.05, 3.63) is 117 Å². The summed E-state index contributed by atoms with van der Waals surface area (Å²) in [5.41, 5.74) is 1.61. The molecule has 10 heteroatoms. The van der Waals surface area contributed by atoms with Gasteiger partial charge in [0.2, 0.25) is 0 Å². The van der Waals surface area contributed by atoms with Crippen molar-refractivity contribution in [2.45, 2.75) is 0 Å². The first-order valence-corrected chi connectivity index (χ1v) is 12.4. The van der Waals surface area contributed by atoms with Crippen LogP contribution < -0.4 is 26.2 Å². The van der Waals surface area contributed by atoms with Gasteiger partial charge in [-0.2, -0.15) is 4.98 Å². The third kappa shape index (κ3) is 5.53. The van der Waals surface area contributed by atoms with Gasteiger partial charge in [-0.25, -0.2) is 4.79 Å². The molecule has 0 unspecified atom stereocenters. The maximum absolute atomic E-state index is 13.1. The lowest BCUT2D eigenvalue weighted by atomic mass is 10.2. The Bertz CT molecular complexity index is 1810. The summed E-state index contributed by atoms with van der Waals surface area (Å²) in [7, 11) is 3.63. The zero-order chi connectivity index (χ0) is 27.5. The van der Waals surface area contributed by atoms with E-state index in [1.54, 1.807) is 83.9 Å². The largest absolute Gasteiger partial charge is 0.484 e. The summed E-state index contributed by atoms with van der Waals surface area (Å²) in [6.07, 6.45) is 1.66. The molecular weight excluding hydrogens is 518 g/mol. The number of amides is 1. The van der Waals surface area contributed by atoms with Crippen LogP contribution >= 0.6 is 11.6 Å². The summed E-state index contributed by atoms with van der Waals surface area (Å²) < 4.78 is 8.68. The molecule has 1 N–H and O–H groups in total. The van der Waals surface area contributed by atoms with Crippen LogP contribution in [0.1, 0.15) is 0 Å². The Morgan fingerprint density at radius 3 is 2.54 bits per heavy atom. The molecule has 0 fully saturated rings. The fourth-order valence-corrected chi connectivity index (χ4v) is 4.37. The molecular formula is C29H24ClN5O4. The summed E-state index contributed by atoms with van der Waals surface area (Å²) in [6.45, 7) is -0.266. The van der Waals surface area contributed by atoms with Crippen LogP contribution in [0.15, 0.2) is 101 Å². The molecule has 0 atom stereocenters. The van der Waals surface area contributed by atoms with E-state index < -0.39 is 5.69 Å². The van der Waals surface area contributed by atoms with Gasteiger partial charge in [0.05, 0.1) is 16.9 Å². The van der Waals surface area contributed by atoms with E-state index in [1.807, 2.05) is 20.2 Å². The third-order valence-electron chi connectivity index (χ3n) is 5.93. The summed E-state index contributed by atoms with van der Waals surface area (Å²) in [6, 6.07) is 24.0. The molecule has 9 nitrogen and oxygen atoms in total. The van der Waals surface area contributed by atoms with E-state index in [2.05, 4.69) is 10.3 Å². The van der Waals surface area contributed by atoms with Crippen LogP contribution in [0.3, 0.4) is 0 Å². The van der Waals surface area contributed by atoms with Crippen molar-refractivity contribution in [2.24, 2.45) is 0 Å². The van der Waals surface area contributed by atoms with Crippen molar-refractivity contribution in [3.8, 4) is 17.1 Å². The van der Waals surface area contributed by atoms with Gasteiger partial charge < -0.3 is 15.0 Å². The Morgan fingerprint density at radius 1 is 0.949 bits per heavy atom. The SMILES string of the molecule is CN(C)c1nc(=O)n(-c2cccc(OCC(=O)Nc3cccc(-n4ccccc4=O)c3)c2)c2cc(Cl)ccc12. The quantitative estimate of drug-likeness (QED) is 0.330. The molecule has 2 heterocycles. The molecule has 3 aromatic carbocycles. The van der Waals surface area contributed by atoms with Crippen LogP contribution in [0.5, 0.6) is 5.75 Å². The van der Waals surface area contributed by atoms with Crippen LogP contribution in [-0.4, -0.2) is 40.7 Å². The number of ether oxygens (including phenoxy) is 1. The molecule has 2 aromatic heterocycles. The van der Waals surface area contributed by atoms with E-state index >= 15 is 0 Å². The Hall–Kier alpha value is -4.89. The summed E-state index contributed by atoms with van der Waals surface area (Å²) >= 11 is 6.26. The molecule has 5 aromatic rings. The minimum Gasteiger partial charge on any atom is -0.484 e. The van der Waals surface area contributed by atoms with Crippen molar-refractivity contribution in [3.63, 3.8) is 0 Å². The predicted molar refractivity (Wildman–Crippen MR) is 153 cm³/mol. The van der Waals surface area contributed by atoms with E-state index in [0.29, 0.717) is 39.2 Å². The van der Waals surface area contributed by atoms with E-state index in [9.17, 15) is 14.4 Å². The number of halogens is 1. The molecule has 1 amide bonds. The Morgan fingerprint density at radius 2 is 1.74 bits per heavy atom. The second-order valence-corrected chi connectivity index (χ2v) is 9.34. The Kier molecular flexibility index (Phi) is 7.16. The number of carbonyl (C=O) groups excluding carboxylic acids is 1. The van der Waals surface area contributed by atoms with Gasteiger partial charge >= 0.3 is 5.69 Å². The van der Waals surface area contributed by atoms with Crippen molar-refractivity contribution < 1.29 is 9.53 Å². The second kappa shape index (κ2) is 10.8. The first kappa shape index (κ1) is 25.7. The number of hydrogen-bond acceptors (Lipinski definition) is 6. The van der Waals surface area contributed by atoms with Crippen LogP contribution in [-0.2, 0) is 4.79 Å². The van der Waals surface area contributed by atoms with Gasteiger partial charge in [-0.15, -0.1) is 0 Å². The fraction of sp³-hybridized carbons (Fsp3) is 0.103. The second-order valence-electron chi connectivity index (χ2n) is 8.90. The first-order valence-electron chi connectivity index (χ1n) is 12.0. The van der Waals surface area contributed by atoms with Gasteiger partial charge in [0.1, 0.15) is 11.6 Å². The van der Waals surface area contributed by atoms with Crippen LogP contribution in [0.25, 0.3) is 22.3 Å². The van der Waals surface area contributed by atoms with E-state index in [1.165, 1.54) is 15.2 Å². The lowest BCUT2D eigenvalue weighted by Gasteiger charge is -2.17. The minimum atomic E-state index is -0.472. The van der Waals surface area contributed by atoms with Gasteiger partial charge in [0.15, 0.2) is 6.61 Å². The highest BCUT2D eigenvalue weighted by Crippen LogP contribution is 2.27. The lowest BCUT2D eigenvalue weighted by molar-refractivity contribution is -0.118. The number of pyridine rings is 1. The Labute approximate surface area is 228 Å². The molecule has 0 radical (unpaired) electrons. The molecule has 0 bridgehead atoms. The summed E-state index contributed by atoms with van der Waals surface area (Å²) in [5, 5.41) is 4.02. The number of carbonyl (C=O) groups is 1. The highest BCUT2D eigenvalue weighted by atomic mass is 35.5. The van der Waals surface area contributed by atoms with Crippen LogP contribution in [0, 0.1) is 0 Å². The van der Waals surface area contributed by atoms with Crippen LogP contribution in [0.4, 0.5) is 11.5 Å². The van der Waals surface area contributed by atoms with E-state index in [0.717, 1.165) is 5.39 Å². The number of nitrogens with one attached hydrogen (secondary N) is 1. The monoisotopic (exact) mass is 541 g/mol. The number of hydrogen-bond donors (Lipinski definition) is 1. The number of fused-ring (bicyclic) bond motifs is 1. The molecule has 39 heavy (non-hydrogen) atoms. The maximum Gasteiger partial charge on any atom is 0.354 e. The standard InChI is InChI=1S/C29H24ClN5O4/c1-33(2)28-24-13-12-19(30)15-25(24)35(29(38)32-28)22-9-6-10-23(17-22)39-18-26(36)31-20-7-5-8-21(16-20)34-14-4-3-11-27(34)37/h3-17H,18H2,1-2H3,(H,31,36). The number of anilines is 2. The van der Waals surface area contributed by atoms with Crippen molar-refractivity contribution in [1.82, 2.24) is 14.1 Å². The van der Waals surface area contributed by atoms with Gasteiger partial charge in [-0.3, -0.25) is 18.7 Å². The summed E-state index contributed by atoms with van der Waals surface area (Å²) in [4.78, 5) is 43.8. The Balaban J connectivity index is 1.36.